The molecule has 0 aliphatic carbocycles. The third-order valence-electron chi connectivity index (χ3n) is 3.11. The number of hydrogen-bond acceptors (Lipinski definition) is 1. The summed E-state index contributed by atoms with van der Waals surface area (Å²) < 4.78 is 15.7. The van der Waals surface area contributed by atoms with Crippen LogP contribution >= 0.6 is 31.9 Å². The second kappa shape index (κ2) is 6.16. The highest BCUT2D eigenvalue weighted by molar-refractivity contribution is 9.10. The van der Waals surface area contributed by atoms with Crippen LogP contribution < -0.4 is 5.32 Å². The van der Waals surface area contributed by atoms with E-state index in [0.29, 0.717) is 10.0 Å². The van der Waals surface area contributed by atoms with Crippen molar-refractivity contribution in [2.24, 2.45) is 0 Å². The summed E-state index contributed by atoms with van der Waals surface area (Å²) >= 11 is 6.75. The molecule has 2 aromatic rings. The van der Waals surface area contributed by atoms with Gasteiger partial charge < -0.3 is 5.32 Å². The van der Waals surface area contributed by atoms with Crippen molar-refractivity contribution >= 4 is 31.9 Å². The Labute approximate surface area is 129 Å². The van der Waals surface area contributed by atoms with Gasteiger partial charge in [-0.2, -0.15) is 0 Å². The van der Waals surface area contributed by atoms with Gasteiger partial charge in [0.25, 0.3) is 0 Å². The lowest BCUT2D eigenvalue weighted by molar-refractivity contribution is 0.571. The highest BCUT2D eigenvalue weighted by atomic mass is 79.9. The molecule has 0 bridgehead atoms. The summed E-state index contributed by atoms with van der Waals surface area (Å²) in [6, 6.07) is 11.2. The molecule has 100 valence electrons. The van der Waals surface area contributed by atoms with Gasteiger partial charge in [-0.15, -0.1) is 0 Å². The third-order valence-corrected chi connectivity index (χ3v) is 4.58. The molecule has 1 N–H and O–H groups in total. The fourth-order valence-corrected chi connectivity index (χ4v) is 2.81. The Kier molecular flexibility index (Phi) is 4.76. The average molecular weight is 387 g/mol. The second-order valence-corrected chi connectivity index (χ2v) is 6.08. The Morgan fingerprint density at radius 3 is 2.47 bits per heavy atom. The van der Waals surface area contributed by atoms with E-state index >= 15 is 0 Å². The van der Waals surface area contributed by atoms with E-state index in [2.05, 4.69) is 37.2 Å². The largest absolute Gasteiger partial charge is 0.309 e. The Bertz CT molecular complexity index is 599. The van der Waals surface area contributed by atoms with E-state index in [0.717, 1.165) is 15.6 Å². The van der Waals surface area contributed by atoms with Crippen LogP contribution in [0.15, 0.2) is 45.3 Å². The number of nitrogens with one attached hydrogen (secondary N) is 1. The van der Waals surface area contributed by atoms with Crippen molar-refractivity contribution < 1.29 is 4.39 Å². The molecule has 4 heteroatoms. The lowest BCUT2D eigenvalue weighted by Gasteiger charge is -2.19. The number of rotatable bonds is 3. The van der Waals surface area contributed by atoms with E-state index in [1.807, 2.05) is 38.2 Å². The summed E-state index contributed by atoms with van der Waals surface area (Å²) in [4.78, 5) is 0. The average Bonchev–Trinajstić information content (AvgIpc) is 2.39. The van der Waals surface area contributed by atoms with E-state index in [4.69, 9.17) is 0 Å². The van der Waals surface area contributed by atoms with Gasteiger partial charge in [0, 0.05) is 10.0 Å². The first-order chi connectivity index (χ1) is 9.04. The normalized spacial score (nSPS) is 12.5. The monoisotopic (exact) mass is 385 g/mol. The van der Waals surface area contributed by atoms with Crippen LogP contribution in [0.5, 0.6) is 0 Å². The molecule has 2 rings (SSSR count). The molecule has 0 aromatic heterocycles. The lowest BCUT2D eigenvalue weighted by atomic mass is 9.97. The molecule has 19 heavy (non-hydrogen) atoms. The van der Waals surface area contributed by atoms with Gasteiger partial charge in [0.05, 0.1) is 10.5 Å². The summed E-state index contributed by atoms with van der Waals surface area (Å²) in [5, 5.41) is 3.17. The zero-order chi connectivity index (χ0) is 14.0. The van der Waals surface area contributed by atoms with Crippen molar-refractivity contribution in [3.8, 4) is 0 Å². The molecule has 0 saturated heterocycles. The molecular formula is C15H14Br2FN. The molecule has 0 spiro atoms. The minimum Gasteiger partial charge on any atom is -0.309 e. The van der Waals surface area contributed by atoms with Gasteiger partial charge in [0.2, 0.25) is 0 Å². The van der Waals surface area contributed by atoms with Gasteiger partial charge in [-0.05, 0) is 53.2 Å². The molecule has 0 fully saturated rings. The van der Waals surface area contributed by atoms with E-state index < -0.39 is 0 Å². The molecule has 1 atom stereocenters. The van der Waals surface area contributed by atoms with Crippen LogP contribution in [0.2, 0.25) is 0 Å². The van der Waals surface area contributed by atoms with Crippen LogP contribution in [0.1, 0.15) is 22.7 Å². The summed E-state index contributed by atoms with van der Waals surface area (Å²) in [6.45, 7) is 2.03. The van der Waals surface area contributed by atoms with Crippen molar-refractivity contribution in [2.45, 2.75) is 13.0 Å². The quantitative estimate of drug-likeness (QED) is 0.785. The van der Waals surface area contributed by atoms with E-state index in [1.165, 1.54) is 0 Å². The Morgan fingerprint density at radius 2 is 1.84 bits per heavy atom. The van der Waals surface area contributed by atoms with Crippen molar-refractivity contribution in [2.75, 3.05) is 7.05 Å². The van der Waals surface area contributed by atoms with Gasteiger partial charge in [-0.1, -0.05) is 40.2 Å². The highest BCUT2D eigenvalue weighted by Crippen LogP contribution is 2.30. The van der Waals surface area contributed by atoms with Crippen molar-refractivity contribution in [1.82, 2.24) is 5.32 Å². The zero-order valence-electron chi connectivity index (χ0n) is 10.7. The summed E-state index contributed by atoms with van der Waals surface area (Å²) in [6.07, 6.45) is 0. The molecule has 1 unspecified atom stereocenters. The molecular weight excluding hydrogens is 373 g/mol. The second-order valence-electron chi connectivity index (χ2n) is 4.37. The molecule has 0 saturated carbocycles. The maximum Gasteiger partial charge on any atom is 0.142 e. The van der Waals surface area contributed by atoms with Crippen LogP contribution in [0.3, 0.4) is 0 Å². The van der Waals surface area contributed by atoms with Gasteiger partial charge in [-0.25, -0.2) is 4.39 Å². The minimum atomic E-state index is -0.224. The first kappa shape index (κ1) is 14.7. The predicted octanol–water partition coefficient (Wildman–Crippen LogP) is 4.97. The summed E-state index contributed by atoms with van der Waals surface area (Å²) in [5.41, 5.74) is 2.82. The Hall–Kier alpha value is -0.710. The van der Waals surface area contributed by atoms with Crippen LogP contribution in [-0.2, 0) is 0 Å². The Balaban J connectivity index is 2.50. The van der Waals surface area contributed by atoms with E-state index in [9.17, 15) is 4.39 Å². The van der Waals surface area contributed by atoms with Gasteiger partial charge in [0.1, 0.15) is 5.82 Å². The van der Waals surface area contributed by atoms with Crippen LogP contribution in [0.25, 0.3) is 0 Å². The maximum atomic E-state index is 14.2. The third kappa shape index (κ3) is 3.07. The molecule has 0 aliphatic rings. The molecule has 2 aromatic carbocycles. The lowest BCUT2D eigenvalue weighted by Crippen LogP contribution is -2.19. The molecule has 0 amide bonds. The maximum absolute atomic E-state index is 14.2. The summed E-state index contributed by atoms with van der Waals surface area (Å²) in [5.74, 6) is -0.224. The first-order valence-corrected chi connectivity index (χ1v) is 7.50. The zero-order valence-corrected chi connectivity index (χ0v) is 13.8. The number of aryl methyl sites for hydroxylation is 1. The fraction of sp³-hybridized carbons (Fsp3) is 0.200. The number of halogens is 3. The molecule has 1 nitrogen and oxygen atoms in total. The fourth-order valence-electron chi connectivity index (χ4n) is 2.03. The molecule has 0 heterocycles. The summed E-state index contributed by atoms with van der Waals surface area (Å²) in [7, 11) is 1.83. The van der Waals surface area contributed by atoms with E-state index in [-0.39, 0.29) is 11.9 Å². The Morgan fingerprint density at radius 1 is 1.11 bits per heavy atom. The molecule has 0 radical (unpaired) electrons. The van der Waals surface area contributed by atoms with Crippen molar-refractivity contribution in [3.05, 3.63) is 67.9 Å². The van der Waals surface area contributed by atoms with Gasteiger partial charge in [-0.3, -0.25) is 0 Å². The first-order valence-electron chi connectivity index (χ1n) is 5.92. The van der Waals surface area contributed by atoms with E-state index in [1.54, 1.807) is 12.1 Å². The number of benzene rings is 2. The highest BCUT2D eigenvalue weighted by Gasteiger charge is 2.18. The van der Waals surface area contributed by atoms with Crippen LogP contribution in [0.4, 0.5) is 4.39 Å². The van der Waals surface area contributed by atoms with Crippen LogP contribution in [0, 0.1) is 12.7 Å². The van der Waals surface area contributed by atoms with Crippen molar-refractivity contribution in [3.63, 3.8) is 0 Å². The predicted molar refractivity (Wildman–Crippen MR) is 83.9 cm³/mol. The van der Waals surface area contributed by atoms with Gasteiger partial charge >= 0.3 is 0 Å². The van der Waals surface area contributed by atoms with Crippen molar-refractivity contribution in [1.29, 1.82) is 0 Å². The standard InChI is InChI=1S/C15H14Br2FN/c1-9-6-7-10(8-13(9)17)15(19-2)11-4-3-5-12(16)14(11)18/h3-8,15,19H,1-2H3. The SMILES string of the molecule is CNC(c1ccc(C)c(Br)c1)c1cccc(Br)c1F. The minimum absolute atomic E-state index is 0.172. The smallest absolute Gasteiger partial charge is 0.142 e. The topological polar surface area (TPSA) is 12.0 Å². The molecule has 0 aliphatic heterocycles. The number of hydrogen-bond donors (Lipinski definition) is 1. The van der Waals surface area contributed by atoms with Crippen LogP contribution in [-0.4, -0.2) is 7.05 Å². The van der Waals surface area contributed by atoms with Gasteiger partial charge in [0.15, 0.2) is 0 Å².